The summed E-state index contributed by atoms with van der Waals surface area (Å²) in [5.41, 5.74) is 1.76. The first-order valence-electron chi connectivity index (χ1n) is 11.1. The molecule has 1 heterocycles. The number of benzene rings is 1. The molecule has 1 atom stereocenters. The predicted octanol–water partition coefficient (Wildman–Crippen LogP) is 3.60. The van der Waals surface area contributed by atoms with Gasteiger partial charge < -0.3 is 14.0 Å². The number of esters is 1. The Morgan fingerprint density at radius 1 is 1.12 bits per heavy atom. The standard InChI is InChI=1S/C24H34N2O6S/c1-7-25-18(4)21(17(3)22(25)24(28)31-6)23(27)19(5)26(15-12-16-32-8-2)33(29,30)20-13-10-9-11-14-20/h9-11,13-14,19H,7-8,12,15-16H2,1-6H3. The number of rotatable bonds is 12. The van der Waals surface area contributed by atoms with Gasteiger partial charge in [-0.1, -0.05) is 18.2 Å². The second-order valence-electron chi connectivity index (χ2n) is 7.69. The Balaban J connectivity index is 2.52. The van der Waals surface area contributed by atoms with Crippen molar-refractivity contribution in [1.29, 1.82) is 0 Å². The van der Waals surface area contributed by atoms with Gasteiger partial charge in [0.05, 0.1) is 18.0 Å². The number of nitrogens with zero attached hydrogens (tertiary/aromatic N) is 2. The number of hydrogen-bond acceptors (Lipinski definition) is 6. The van der Waals surface area contributed by atoms with Gasteiger partial charge >= 0.3 is 5.97 Å². The topological polar surface area (TPSA) is 94.9 Å². The van der Waals surface area contributed by atoms with Crippen molar-refractivity contribution < 1.29 is 27.5 Å². The van der Waals surface area contributed by atoms with E-state index in [1.807, 2.05) is 13.8 Å². The van der Waals surface area contributed by atoms with E-state index in [1.165, 1.54) is 23.5 Å². The van der Waals surface area contributed by atoms with Crippen LogP contribution in [0.3, 0.4) is 0 Å². The van der Waals surface area contributed by atoms with E-state index in [2.05, 4.69) is 0 Å². The van der Waals surface area contributed by atoms with Crippen LogP contribution < -0.4 is 0 Å². The van der Waals surface area contributed by atoms with Crippen LogP contribution in [0.2, 0.25) is 0 Å². The summed E-state index contributed by atoms with van der Waals surface area (Å²) in [6, 6.07) is 7.09. The predicted molar refractivity (Wildman–Crippen MR) is 126 cm³/mol. The van der Waals surface area contributed by atoms with Crippen LogP contribution in [0.4, 0.5) is 0 Å². The van der Waals surface area contributed by atoms with Crippen LogP contribution in [0.25, 0.3) is 0 Å². The molecule has 2 aromatic rings. The highest BCUT2D eigenvalue weighted by molar-refractivity contribution is 7.89. The maximum absolute atomic E-state index is 13.7. The number of ketones is 1. The molecule has 8 nitrogen and oxygen atoms in total. The molecule has 1 aromatic heterocycles. The summed E-state index contributed by atoms with van der Waals surface area (Å²) >= 11 is 0. The summed E-state index contributed by atoms with van der Waals surface area (Å²) in [7, 11) is -2.65. The summed E-state index contributed by atoms with van der Waals surface area (Å²) in [5, 5.41) is 0. The van der Waals surface area contributed by atoms with Crippen LogP contribution in [-0.2, 0) is 26.0 Å². The van der Waals surface area contributed by atoms with Crippen molar-refractivity contribution in [1.82, 2.24) is 8.87 Å². The molecule has 1 unspecified atom stereocenters. The lowest BCUT2D eigenvalue weighted by molar-refractivity contribution is 0.0587. The summed E-state index contributed by atoms with van der Waals surface area (Å²) in [6.45, 7) is 10.3. The number of Topliss-reactive ketones (excluding diaryl/α,β-unsaturated/α-hetero) is 1. The number of methoxy groups -OCH3 is 1. The molecule has 9 heteroatoms. The van der Waals surface area contributed by atoms with Gasteiger partial charge in [-0.25, -0.2) is 13.2 Å². The third-order valence-corrected chi connectivity index (χ3v) is 7.72. The lowest BCUT2D eigenvalue weighted by Crippen LogP contribution is -2.44. The molecule has 0 fully saturated rings. The van der Waals surface area contributed by atoms with Crippen LogP contribution in [-0.4, -0.2) is 62.0 Å². The minimum absolute atomic E-state index is 0.121. The Kier molecular flexibility index (Phi) is 9.39. The van der Waals surface area contributed by atoms with E-state index in [1.54, 1.807) is 43.5 Å². The van der Waals surface area contributed by atoms with E-state index in [0.717, 1.165) is 0 Å². The summed E-state index contributed by atoms with van der Waals surface area (Å²) in [4.78, 5) is 26.2. The number of hydrogen-bond donors (Lipinski definition) is 0. The monoisotopic (exact) mass is 478 g/mol. The Labute approximate surface area is 196 Å². The lowest BCUT2D eigenvalue weighted by atomic mass is 10.0. The van der Waals surface area contributed by atoms with Crippen molar-refractivity contribution in [3.63, 3.8) is 0 Å². The fraction of sp³-hybridized carbons (Fsp3) is 0.500. The Bertz CT molecular complexity index is 1080. The maximum atomic E-state index is 13.7. The van der Waals surface area contributed by atoms with Gasteiger partial charge in [0.2, 0.25) is 10.0 Å². The molecule has 2 rings (SSSR count). The van der Waals surface area contributed by atoms with Gasteiger partial charge in [-0.15, -0.1) is 0 Å². The van der Waals surface area contributed by atoms with Crippen molar-refractivity contribution in [2.24, 2.45) is 0 Å². The van der Waals surface area contributed by atoms with E-state index < -0.39 is 22.0 Å². The number of ether oxygens (including phenoxy) is 2. The fourth-order valence-electron chi connectivity index (χ4n) is 4.07. The van der Waals surface area contributed by atoms with Crippen molar-refractivity contribution in [3.05, 3.63) is 52.8 Å². The van der Waals surface area contributed by atoms with E-state index in [4.69, 9.17) is 9.47 Å². The van der Waals surface area contributed by atoms with Crippen LogP contribution in [0, 0.1) is 13.8 Å². The summed E-state index contributed by atoms with van der Waals surface area (Å²) in [5.74, 6) is -0.895. The number of aromatic nitrogens is 1. The Morgan fingerprint density at radius 2 is 1.76 bits per heavy atom. The van der Waals surface area contributed by atoms with Crippen molar-refractivity contribution in [2.45, 2.75) is 58.5 Å². The molecular formula is C24H34N2O6S. The molecule has 33 heavy (non-hydrogen) atoms. The maximum Gasteiger partial charge on any atom is 0.354 e. The molecule has 0 aliphatic carbocycles. The smallest absolute Gasteiger partial charge is 0.354 e. The third kappa shape index (κ3) is 5.54. The molecule has 0 aliphatic rings. The van der Waals surface area contributed by atoms with E-state index in [9.17, 15) is 18.0 Å². The number of carbonyl (C=O) groups excluding carboxylic acids is 2. The summed E-state index contributed by atoms with van der Waals surface area (Å²) in [6.07, 6.45) is 0.443. The van der Waals surface area contributed by atoms with Gasteiger partial charge in [0.1, 0.15) is 5.69 Å². The molecule has 0 saturated carbocycles. The van der Waals surface area contributed by atoms with Crippen LogP contribution in [0.5, 0.6) is 0 Å². The highest BCUT2D eigenvalue weighted by atomic mass is 32.2. The van der Waals surface area contributed by atoms with E-state index in [-0.39, 0.29) is 17.2 Å². The molecule has 182 valence electrons. The van der Waals surface area contributed by atoms with Crippen molar-refractivity contribution in [3.8, 4) is 0 Å². The molecule has 0 N–H and O–H groups in total. The minimum Gasteiger partial charge on any atom is -0.464 e. The zero-order chi connectivity index (χ0) is 24.8. The van der Waals surface area contributed by atoms with E-state index in [0.29, 0.717) is 48.7 Å². The van der Waals surface area contributed by atoms with E-state index >= 15 is 0 Å². The SMILES string of the molecule is CCOCCCN(C(C)C(=O)c1c(C)c(C(=O)OC)n(CC)c1C)S(=O)(=O)c1ccccc1. The van der Waals surface area contributed by atoms with Crippen LogP contribution in [0.15, 0.2) is 35.2 Å². The highest BCUT2D eigenvalue weighted by Crippen LogP contribution is 2.27. The average Bonchev–Trinajstić information content (AvgIpc) is 3.07. The molecule has 0 aliphatic heterocycles. The highest BCUT2D eigenvalue weighted by Gasteiger charge is 2.36. The van der Waals surface area contributed by atoms with Gasteiger partial charge in [0, 0.05) is 37.6 Å². The lowest BCUT2D eigenvalue weighted by Gasteiger charge is -2.28. The van der Waals surface area contributed by atoms with Crippen LogP contribution >= 0.6 is 0 Å². The summed E-state index contributed by atoms with van der Waals surface area (Å²) < 4.78 is 40.2. The second kappa shape index (κ2) is 11.6. The quantitative estimate of drug-likeness (QED) is 0.263. The first-order valence-corrected chi connectivity index (χ1v) is 12.5. The van der Waals surface area contributed by atoms with Crippen LogP contribution in [0.1, 0.15) is 59.3 Å². The average molecular weight is 479 g/mol. The van der Waals surface area contributed by atoms with Gasteiger partial charge in [-0.2, -0.15) is 4.31 Å². The molecule has 0 bridgehead atoms. The molecule has 0 radical (unpaired) electrons. The first-order chi connectivity index (χ1) is 15.6. The molecule has 1 aromatic carbocycles. The minimum atomic E-state index is -3.94. The van der Waals surface area contributed by atoms with Gasteiger partial charge in [-0.3, -0.25) is 4.79 Å². The normalized spacial score (nSPS) is 12.7. The van der Waals surface area contributed by atoms with Gasteiger partial charge in [-0.05, 0) is 58.7 Å². The zero-order valence-electron chi connectivity index (χ0n) is 20.3. The number of carbonyl (C=O) groups is 2. The largest absolute Gasteiger partial charge is 0.464 e. The second-order valence-corrected chi connectivity index (χ2v) is 9.58. The van der Waals surface area contributed by atoms with Crippen molar-refractivity contribution in [2.75, 3.05) is 26.9 Å². The molecule has 0 amide bonds. The fourth-order valence-corrected chi connectivity index (χ4v) is 5.72. The van der Waals surface area contributed by atoms with Gasteiger partial charge in [0.15, 0.2) is 5.78 Å². The molecule has 0 saturated heterocycles. The molecule has 0 spiro atoms. The Hall–Kier alpha value is -2.49. The number of sulfonamides is 1. The first kappa shape index (κ1) is 26.8. The Morgan fingerprint density at radius 3 is 2.30 bits per heavy atom. The van der Waals surface area contributed by atoms with Gasteiger partial charge in [0.25, 0.3) is 0 Å². The zero-order valence-corrected chi connectivity index (χ0v) is 21.1. The third-order valence-electron chi connectivity index (χ3n) is 5.74. The van der Waals surface area contributed by atoms with Crippen molar-refractivity contribution >= 4 is 21.8 Å². The molecular weight excluding hydrogens is 444 g/mol.